The summed E-state index contributed by atoms with van der Waals surface area (Å²) in [6.07, 6.45) is 2.65. The Kier molecular flexibility index (Phi) is 21.4. The minimum atomic E-state index is -0.125. The van der Waals surface area contributed by atoms with Crippen LogP contribution in [-0.4, -0.2) is 21.9 Å². The van der Waals surface area contributed by atoms with Gasteiger partial charge in [-0.3, -0.25) is 0 Å². The van der Waals surface area contributed by atoms with Crippen LogP contribution in [0.4, 0.5) is 0 Å². The van der Waals surface area contributed by atoms with Crippen LogP contribution < -0.4 is 5.32 Å². The SMILES string of the molecule is CCCC[SiH2]Cl.CCNCC. The summed E-state index contributed by atoms with van der Waals surface area (Å²) in [5.41, 5.74) is 0. The highest BCUT2D eigenvalue weighted by molar-refractivity contribution is 6.93. The third-order valence-corrected chi connectivity index (χ3v) is 2.81. The molecule has 1 N–H and O–H groups in total. The molecule has 0 radical (unpaired) electrons. The van der Waals surface area contributed by atoms with E-state index in [1.807, 2.05) is 0 Å². The fourth-order valence-corrected chi connectivity index (χ4v) is 1.85. The number of hydrogen-bond donors (Lipinski definition) is 1. The maximum atomic E-state index is 5.52. The van der Waals surface area contributed by atoms with Gasteiger partial charge in [0.1, 0.15) is 8.83 Å². The van der Waals surface area contributed by atoms with Crippen LogP contribution in [0.3, 0.4) is 0 Å². The molecule has 0 aromatic carbocycles. The predicted octanol–water partition coefficient (Wildman–Crippen LogP) is 2.14. The number of nitrogens with one attached hydrogen (secondary N) is 1. The van der Waals surface area contributed by atoms with Crippen molar-refractivity contribution in [2.75, 3.05) is 13.1 Å². The van der Waals surface area contributed by atoms with E-state index in [0.29, 0.717) is 0 Å². The molecule has 0 rings (SSSR count). The summed E-state index contributed by atoms with van der Waals surface area (Å²) in [6.45, 7) is 8.58. The van der Waals surface area contributed by atoms with Crippen LogP contribution in [0, 0.1) is 0 Å². The Labute approximate surface area is 78.4 Å². The highest BCUT2D eigenvalue weighted by atomic mass is 35.6. The summed E-state index contributed by atoms with van der Waals surface area (Å²) in [5.74, 6) is 0. The smallest absolute Gasteiger partial charge is 0.125 e. The number of unbranched alkanes of at least 4 members (excludes halogenated alkanes) is 1. The zero-order valence-corrected chi connectivity index (χ0v) is 10.3. The first kappa shape index (κ1) is 14.0. The Balaban J connectivity index is 0. The molecular weight excluding hydrogens is 174 g/mol. The zero-order valence-electron chi connectivity index (χ0n) is 8.12. The topological polar surface area (TPSA) is 12.0 Å². The normalized spacial score (nSPS) is 9.82. The lowest BCUT2D eigenvalue weighted by Crippen LogP contribution is -2.09. The van der Waals surface area contributed by atoms with Gasteiger partial charge in [-0.1, -0.05) is 33.6 Å². The Morgan fingerprint density at radius 1 is 1.18 bits per heavy atom. The Morgan fingerprint density at radius 3 is 1.82 bits per heavy atom. The van der Waals surface area contributed by atoms with Crippen LogP contribution in [0.2, 0.25) is 6.04 Å². The summed E-state index contributed by atoms with van der Waals surface area (Å²) in [4.78, 5) is 0. The van der Waals surface area contributed by atoms with Crippen molar-refractivity contribution < 1.29 is 0 Å². The van der Waals surface area contributed by atoms with Crippen molar-refractivity contribution in [3.8, 4) is 0 Å². The maximum absolute atomic E-state index is 5.52. The van der Waals surface area contributed by atoms with Crippen molar-refractivity contribution in [1.29, 1.82) is 0 Å². The van der Waals surface area contributed by atoms with Crippen molar-refractivity contribution in [1.82, 2.24) is 5.32 Å². The zero-order chi connectivity index (χ0) is 8.95. The second-order valence-corrected chi connectivity index (χ2v) is 4.57. The lowest BCUT2D eigenvalue weighted by molar-refractivity contribution is 0.762. The molecule has 0 saturated carbocycles. The van der Waals surface area contributed by atoms with E-state index in [1.165, 1.54) is 18.9 Å². The van der Waals surface area contributed by atoms with Gasteiger partial charge < -0.3 is 5.32 Å². The van der Waals surface area contributed by atoms with Crippen LogP contribution in [-0.2, 0) is 0 Å². The third-order valence-electron chi connectivity index (χ3n) is 1.24. The van der Waals surface area contributed by atoms with E-state index in [9.17, 15) is 0 Å². The Morgan fingerprint density at radius 2 is 1.73 bits per heavy atom. The molecule has 70 valence electrons. The summed E-state index contributed by atoms with van der Waals surface area (Å²) in [7, 11) is -0.125. The molecular formula is C8H22ClNSi. The van der Waals surface area contributed by atoms with E-state index in [4.69, 9.17) is 11.1 Å². The molecule has 0 saturated heterocycles. The van der Waals surface area contributed by atoms with Gasteiger partial charge in [-0.25, -0.2) is 0 Å². The van der Waals surface area contributed by atoms with Gasteiger partial charge in [-0.15, -0.1) is 0 Å². The van der Waals surface area contributed by atoms with Crippen molar-refractivity contribution in [2.24, 2.45) is 0 Å². The Bertz CT molecular complexity index is 47.4. The highest BCUT2D eigenvalue weighted by Gasteiger charge is 1.78. The van der Waals surface area contributed by atoms with Gasteiger partial charge >= 0.3 is 0 Å². The summed E-state index contributed by atoms with van der Waals surface area (Å²) in [5, 5.41) is 3.11. The summed E-state index contributed by atoms with van der Waals surface area (Å²) < 4.78 is 0. The van der Waals surface area contributed by atoms with E-state index in [2.05, 4.69) is 26.1 Å². The molecule has 0 aromatic heterocycles. The molecule has 11 heavy (non-hydrogen) atoms. The fourth-order valence-electron chi connectivity index (χ4n) is 0.594. The minimum absolute atomic E-state index is 0.125. The molecule has 0 aromatic rings. The van der Waals surface area contributed by atoms with Crippen LogP contribution in [0.15, 0.2) is 0 Å². The van der Waals surface area contributed by atoms with Crippen molar-refractivity contribution >= 4 is 19.9 Å². The first-order chi connectivity index (χ1) is 5.33. The average Bonchev–Trinajstić information content (AvgIpc) is 2.04. The van der Waals surface area contributed by atoms with Gasteiger partial charge in [0.05, 0.1) is 0 Å². The second kappa shape index (κ2) is 16.8. The van der Waals surface area contributed by atoms with Crippen LogP contribution in [0.5, 0.6) is 0 Å². The van der Waals surface area contributed by atoms with E-state index in [-0.39, 0.29) is 8.83 Å². The molecule has 3 heteroatoms. The van der Waals surface area contributed by atoms with E-state index >= 15 is 0 Å². The van der Waals surface area contributed by atoms with Gasteiger partial charge in [0.15, 0.2) is 0 Å². The fraction of sp³-hybridized carbons (Fsp3) is 1.00. The lowest BCUT2D eigenvalue weighted by atomic mass is 10.4. The molecule has 0 amide bonds. The number of halogens is 1. The molecule has 0 aliphatic carbocycles. The van der Waals surface area contributed by atoms with Gasteiger partial charge in [0, 0.05) is 0 Å². The lowest BCUT2D eigenvalue weighted by Gasteiger charge is -1.86. The molecule has 0 fully saturated rings. The highest BCUT2D eigenvalue weighted by Crippen LogP contribution is 1.93. The van der Waals surface area contributed by atoms with Crippen LogP contribution >= 0.6 is 11.1 Å². The van der Waals surface area contributed by atoms with Crippen LogP contribution in [0.25, 0.3) is 0 Å². The molecule has 0 bridgehead atoms. The summed E-state index contributed by atoms with van der Waals surface area (Å²) in [6, 6.07) is 1.32. The van der Waals surface area contributed by atoms with Gasteiger partial charge in [0.25, 0.3) is 0 Å². The van der Waals surface area contributed by atoms with Crippen LogP contribution in [0.1, 0.15) is 33.6 Å². The number of rotatable bonds is 5. The maximum Gasteiger partial charge on any atom is 0.125 e. The molecule has 0 unspecified atom stereocenters. The minimum Gasteiger partial charge on any atom is -0.317 e. The summed E-state index contributed by atoms with van der Waals surface area (Å²) >= 11 is 5.52. The van der Waals surface area contributed by atoms with Crippen molar-refractivity contribution in [3.05, 3.63) is 0 Å². The quantitative estimate of drug-likeness (QED) is 0.403. The van der Waals surface area contributed by atoms with Crippen molar-refractivity contribution in [3.63, 3.8) is 0 Å². The third kappa shape index (κ3) is 25.1. The molecule has 0 heterocycles. The average molecular weight is 196 g/mol. The van der Waals surface area contributed by atoms with Crippen molar-refractivity contribution in [2.45, 2.75) is 39.7 Å². The monoisotopic (exact) mass is 195 g/mol. The van der Waals surface area contributed by atoms with E-state index in [1.54, 1.807) is 0 Å². The number of hydrogen-bond acceptors (Lipinski definition) is 1. The molecule has 0 aliphatic heterocycles. The molecule has 1 nitrogen and oxygen atoms in total. The standard InChI is InChI=1S/C4H11ClSi.C4H11N/c1-2-3-4-6-5;1-3-5-4-2/h2-4,6H2,1H3;5H,3-4H2,1-2H3. The van der Waals surface area contributed by atoms with Gasteiger partial charge in [-0.2, -0.15) is 11.1 Å². The van der Waals surface area contributed by atoms with Gasteiger partial charge in [-0.05, 0) is 19.1 Å². The molecule has 0 spiro atoms. The Hall–Kier alpha value is 0.467. The predicted molar refractivity (Wildman–Crippen MR) is 58.3 cm³/mol. The van der Waals surface area contributed by atoms with Gasteiger partial charge in [0.2, 0.25) is 0 Å². The molecule has 0 aliphatic rings. The first-order valence-electron chi connectivity index (χ1n) is 4.60. The van der Waals surface area contributed by atoms with E-state index in [0.717, 1.165) is 13.1 Å². The molecule has 0 atom stereocenters. The first-order valence-corrected chi connectivity index (χ1v) is 7.73. The second-order valence-electron chi connectivity index (χ2n) is 2.35. The van der Waals surface area contributed by atoms with E-state index < -0.39 is 0 Å². The largest absolute Gasteiger partial charge is 0.317 e.